The first-order chi connectivity index (χ1) is 14.2. The molecule has 148 valence electrons. The van der Waals surface area contributed by atoms with Gasteiger partial charge in [-0.3, -0.25) is 9.59 Å². The van der Waals surface area contributed by atoms with Gasteiger partial charge in [0, 0.05) is 12.6 Å². The van der Waals surface area contributed by atoms with Crippen molar-refractivity contribution in [3.8, 4) is 5.75 Å². The van der Waals surface area contributed by atoms with Gasteiger partial charge in [-0.15, -0.1) is 0 Å². The summed E-state index contributed by atoms with van der Waals surface area (Å²) < 4.78 is 6.57. The molecule has 3 aromatic rings. The van der Waals surface area contributed by atoms with Gasteiger partial charge in [0.1, 0.15) is 11.4 Å². The van der Waals surface area contributed by atoms with E-state index in [1.165, 1.54) is 16.8 Å². The summed E-state index contributed by atoms with van der Waals surface area (Å²) in [4.78, 5) is 27.3. The molecule has 1 aromatic heterocycles. The number of nitrogens with zero attached hydrogens (tertiary/aromatic N) is 3. The average molecular weight is 389 g/mol. The van der Waals surface area contributed by atoms with E-state index in [-0.39, 0.29) is 17.5 Å². The maximum Gasteiger partial charge on any atom is 0.274 e. The maximum atomic E-state index is 13.2. The number of likely N-dealkylation sites (tertiary alicyclic amines) is 1. The van der Waals surface area contributed by atoms with Gasteiger partial charge < -0.3 is 9.64 Å². The Kier molecular flexibility index (Phi) is 5.42. The second-order valence-electron chi connectivity index (χ2n) is 7.13. The van der Waals surface area contributed by atoms with Crippen LogP contribution in [0.4, 0.5) is 0 Å². The Morgan fingerprint density at radius 3 is 2.55 bits per heavy atom. The molecule has 1 unspecified atom stereocenters. The number of amides is 1. The summed E-state index contributed by atoms with van der Waals surface area (Å²) in [5.74, 6) is 0.643. The third kappa shape index (κ3) is 4.06. The first kappa shape index (κ1) is 18.9. The normalized spacial score (nSPS) is 16.0. The summed E-state index contributed by atoms with van der Waals surface area (Å²) in [6, 6.07) is 20.4. The molecule has 1 amide bonds. The van der Waals surface area contributed by atoms with E-state index in [4.69, 9.17) is 4.74 Å². The molecule has 1 aliphatic heterocycles. The molecule has 2 aromatic carbocycles. The van der Waals surface area contributed by atoms with E-state index in [0.717, 1.165) is 29.7 Å². The summed E-state index contributed by atoms with van der Waals surface area (Å²) >= 11 is 0. The highest BCUT2D eigenvalue weighted by Gasteiger charge is 2.31. The zero-order valence-electron chi connectivity index (χ0n) is 16.3. The van der Waals surface area contributed by atoms with Crippen LogP contribution in [0, 0.1) is 0 Å². The van der Waals surface area contributed by atoms with Crippen LogP contribution in [0.3, 0.4) is 0 Å². The van der Waals surface area contributed by atoms with Crippen molar-refractivity contribution in [3.05, 3.63) is 93.9 Å². The van der Waals surface area contributed by atoms with E-state index in [0.29, 0.717) is 18.8 Å². The second-order valence-corrected chi connectivity index (χ2v) is 7.13. The van der Waals surface area contributed by atoms with Crippen LogP contribution in [0.15, 0.2) is 71.5 Å². The molecule has 0 radical (unpaired) electrons. The number of rotatable bonds is 5. The second kappa shape index (κ2) is 8.31. The predicted molar refractivity (Wildman–Crippen MR) is 110 cm³/mol. The van der Waals surface area contributed by atoms with E-state index in [2.05, 4.69) is 5.10 Å². The number of aromatic nitrogens is 2. The lowest BCUT2D eigenvalue weighted by atomic mass is 10.0. The third-order valence-electron chi connectivity index (χ3n) is 5.28. The van der Waals surface area contributed by atoms with Gasteiger partial charge in [0.2, 0.25) is 0 Å². The number of benzene rings is 2. The molecule has 1 atom stereocenters. The third-order valence-corrected chi connectivity index (χ3v) is 5.28. The lowest BCUT2D eigenvalue weighted by Gasteiger charge is -2.25. The first-order valence-corrected chi connectivity index (χ1v) is 9.73. The van der Waals surface area contributed by atoms with Crippen molar-refractivity contribution in [2.24, 2.45) is 0 Å². The summed E-state index contributed by atoms with van der Waals surface area (Å²) in [5.41, 5.74) is 2.11. The molecule has 6 heteroatoms. The zero-order chi connectivity index (χ0) is 20.2. The lowest BCUT2D eigenvalue weighted by Crippen LogP contribution is -2.33. The van der Waals surface area contributed by atoms with Gasteiger partial charge in [0.05, 0.1) is 19.7 Å². The number of methoxy groups -OCH3 is 1. The van der Waals surface area contributed by atoms with Crippen molar-refractivity contribution >= 4 is 5.91 Å². The Morgan fingerprint density at radius 2 is 1.83 bits per heavy atom. The first-order valence-electron chi connectivity index (χ1n) is 9.73. The van der Waals surface area contributed by atoms with E-state index < -0.39 is 0 Å². The van der Waals surface area contributed by atoms with Gasteiger partial charge in [0.15, 0.2) is 0 Å². The van der Waals surface area contributed by atoms with Crippen molar-refractivity contribution in [3.63, 3.8) is 0 Å². The van der Waals surface area contributed by atoms with Crippen LogP contribution in [-0.4, -0.2) is 34.2 Å². The Morgan fingerprint density at radius 1 is 1.07 bits per heavy atom. The van der Waals surface area contributed by atoms with Crippen LogP contribution in [0.1, 0.15) is 40.5 Å². The molecule has 1 saturated heterocycles. The molecule has 2 heterocycles. The van der Waals surface area contributed by atoms with Gasteiger partial charge in [-0.2, -0.15) is 5.10 Å². The van der Waals surface area contributed by atoms with E-state index >= 15 is 0 Å². The van der Waals surface area contributed by atoms with Gasteiger partial charge in [-0.25, -0.2) is 4.68 Å². The zero-order valence-corrected chi connectivity index (χ0v) is 16.3. The number of hydrogen-bond donors (Lipinski definition) is 0. The highest BCUT2D eigenvalue weighted by molar-refractivity contribution is 5.92. The van der Waals surface area contributed by atoms with Gasteiger partial charge in [0.25, 0.3) is 11.5 Å². The molecule has 0 aliphatic carbocycles. The molecule has 0 spiro atoms. The van der Waals surface area contributed by atoms with E-state index in [1.54, 1.807) is 7.11 Å². The van der Waals surface area contributed by atoms with Crippen molar-refractivity contribution < 1.29 is 9.53 Å². The van der Waals surface area contributed by atoms with E-state index in [1.807, 2.05) is 59.5 Å². The number of carbonyl (C=O) groups excluding carboxylic acids is 1. The molecular formula is C23H23N3O3. The molecule has 1 fully saturated rings. The van der Waals surface area contributed by atoms with Crippen LogP contribution in [0.5, 0.6) is 5.75 Å². The minimum Gasteiger partial charge on any atom is -0.497 e. The van der Waals surface area contributed by atoms with Crippen molar-refractivity contribution in [1.29, 1.82) is 0 Å². The molecule has 0 saturated carbocycles. The Labute approximate surface area is 169 Å². The molecule has 6 nitrogen and oxygen atoms in total. The minimum absolute atomic E-state index is 0.00436. The Balaban J connectivity index is 1.58. The maximum absolute atomic E-state index is 13.2. The van der Waals surface area contributed by atoms with Crippen LogP contribution < -0.4 is 10.3 Å². The molecule has 4 rings (SSSR count). The standard InChI is InChI=1S/C23H23N3O3/c1-29-19-11-9-18(10-12-19)21-8-5-15-25(21)23(28)20-13-14-22(27)26(24-20)16-17-6-3-2-4-7-17/h2-4,6-7,9-14,21H,5,8,15-16H2,1H3. The lowest BCUT2D eigenvalue weighted by molar-refractivity contribution is 0.0727. The van der Waals surface area contributed by atoms with Gasteiger partial charge in [-0.05, 0) is 42.2 Å². The smallest absolute Gasteiger partial charge is 0.274 e. The van der Waals surface area contributed by atoms with Crippen LogP contribution in [0.25, 0.3) is 0 Å². The van der Waals surface area contributed by atoms with Crippen molar-refractivity contribution in [2.45, 2.75) is 25.4 Å². The molecule has 29 heavy (non-hydrogen) atoms. The van der Waals surface area contributed by atoms with E-state index in [9.17, 15) is 9.59 Å². The van der Waals surface area contributed by atoms with Crippen LogP contribution >= 0.6 is 0 Å². The number of carbonyl (C=O) groups is 1. The highest BCUT2D eigenvalue weighted by Crippen LogP contribution is 2.33. The van der Waals surface area contributed by atoms with Crippen molar-refractivity contribution in [1.82, 2.24) is 14.7 Å². The minimum atomic E-state index is -0.224. The quantitative estimate of drug-likeness (QED) is 0.672. The highest BCUT2D eigenvalue weighted by atomic mass is 16.5. The predicted octanol–water partition coefficient (Wildman–Crippen LogP) is 3.28. The fourth-order valence-electron chi connectivity index (χ4n) is 3.76. The molecule has 0 N–H and O–H groups in total. The Bertz CT molecular complexity index is 1040. The summed E-state index contributed by atoms with van der Waals surface area (Å²) in [7, 11) is 1.64. The largest absolute Gasteiger partial charge is 0.497 e. The number of ether oxygens (including phenoxy) is 1. The summed E-state index contributed by atoms with van der Waals surface area (Å²) in [6.45, 7) is 1.01. The van der Waals surface area contributed by atoms with Crippen molar-refractivity contribution in [2.75, 3.05) is 13.7 Å². The van der Waals surface area contributed by atoms with Crippen LogP contribution in [0.2, 0.25) is 0 Å². The Hall–Kier alpha value is -3.41. The fourth-order valence-corrected chi connectivity index (χ4v) is 3.76. The number of hydrogen-bond acceptors (Lipinski definition) is 4. The molecule has 0 bridgehead atoms. The van der Waals surface area contributed by atoms with Crippen LogP contribution in [-0.2, 0) is 6.54 Å². The SMILES string of the molecule is COc1ccc(C2CCCN2C(=O)c2ccc(=O)n(Cc3ccccc3)n2)cc1. The van der Waals surface area contributed by atoms with Gasteiger partial charge >= 0.3 is 0 Å². The van der Waals surface area contributed by atoms with Gasteiger partial charge in [-0.1, -0.05) is 42.5 Å². The molecular weight excluding hydrogens is 366 g/mol. The molecule has 1 aliphatic rings. The summed E-state index contributed by atoms with van der Waals surface area (Å²) in [5, 5.41) is 4.36. The monoisotopic (exact) mass is 389 g/mol. The average Bonchev–Trinajstić information content (AvgIpc) is 3.25. The fraction of sp³-hybridized carbons (Fsp3) is 0.261. The topological polar surface area (TPSA) is 64.4 Å². The summed E-state index contributed by atoms with van der Waals surface area (Å²) in [6.07, 6.45) is 1.84.